The quantitative estimate of drug-likeness (QED) is 0.182. The van der Waals surface area contributed by atoms with Gasteiger partial charge in [0.2, 0.25) is 0 Å². The van der Waals surface area contributed by atoms with Gasteiger partial charge in [-0.15, -0.1) is 0 Å². The molecule has 56 heavy (non-hydrogen) atoms. The molecule has 0 saturated heterocycles. The molecule has 0 aliphatic heterocycles. The van der Waals surface area contributed by atoms with E-state index in [2.05, 4.69) is 114 Å². The first-order valence-electron chi connectivity index (χ1n) is 18.9. The highest BCUT2D eigenvalue weighted by atomic mass is 16.3. The summed E-state index contributed by atoms with van der Waals surface area (Å²) in [5.74, 6) is 1.74. The lowest BCUT2D eigenvalue weighted by molar-refractivity contribution is 0.667. The molecular formula is C51H30N4O. The molecule has 12 rings (SSSR count). The largest absolute Gasteiger partial charge is 0.454 e. The zero-order valence-corrected chi connectivity index (χ0v) is 30.0. The predicted molar refractivity (Wildman–Crippen MR) is 223 cm³/mol. The Labute approximate surface area is 322 Å². The maximum Gasteiger partial charge on any atom is 0.166 e. The van der Waals surface area contributed by atoms with Crippen LogP contribution < -0.4 is 0 Å². The third-order valence-corrected chi connectivity index (χ3v) is 11.7. The van der Waals surface area contributed by atoms with Crippen LogP contribution in [0.2, 0.25) is 0 Å². The Bertz CT molecular complexity index is 3080. The van der Waals surface area contributed by atoms with Crippen molar-refractivity contribution in [2.75, 3.05) is 0 Å². The molecule has 0 atom stereocenters. The summed E-state index contributed by atoms with van der Waals surface area (Å²) in [4.78, 5) is 19.6. The first-order chi connectivity index (χ1) is 27.8. The third-order valence-electron chi connectivity index (χ3n) is 11.7. The molecule has 0 radical (unpaired) electrons. The molecule has 5 heteroatoms. The summed E-state index contributed by atoms with van der Waals surface area (Å²) in [5.41, 5.74) is 16.4. The molecule has 0 unspecified atom stereocenters. The molecule has 5 nitrogen and oxygen atoms in total. The van der Waals surface area contributed by atoms with Gasteiger partial charge in [-0.25, -0.2) is 15.0 Å². The molecule has 260 valence electrons. The normalized spacial score (nSPS) is 13.1. The first kappa shape index (κ1) is 30.9. The van der Waals surface area contributed by atoms with Gasteiger partial charge in [0, 0.05) is 33.7 Å². The number of pyridine rings is 1. The smallest absolute Gasteiger partial charge is 0.166 e. The van der Waals surface area contributed by atoms with Crippen LogP contribution in [0.25, 0.3) is 89.5 Å². The van der Waals surface area contributed by atoms with Gasteiger partial charge < -0.3 is 4.42 Å². The number of rotatable bonds is 4. The molecule has 0 bridgehead atoms. The van der Waals surface area contributed by atoms with Crippen molar-refractivity contribution < 1.29 is 4.42 Å². The van der Waals surface area contributed by atoms with Gasteiger partial charge in [-0.05, 0) is 73.8 Å². The Morgan fingerprint density at radius 1 is 0.357 bits per heavy atom. The van der Waals surface area contributed by atoms with Crippen LogP contribution in [0.1, 0.15) is 22.3 Å². The standard InChI is InChI=1S/C51H30N4O/c1-3-13-31(14-4-1)48-53-49(32-15-5-2-6-16-32)55-50(54-48)40-29-52-30-46-47(40)39-27-33(24-26-45(39)56-46)34-23-25-38-37-19-9-12-22-43(37)51(44(38)28-34)41-20-10-7-17-35(41)36-18-8-11-21-42(36)51/h1-30H. The molecule has 3 aromatic heterocycles. The Kier molecular flexibility index (Phi) is 6.48. The summed E-state index contributed by atoms with van der Waals surface area (Å²) in [6, 6.07) is 60.3. The maximum atomic E-state index is 6.47. The lowest BCUT2D eigenvalue weighted by Crippen LogP contribution is -2.25. The van der Waals surface area contributed by atoms with E-state index < -0.39 is 5.41 Å². The summed E-state index contributed by atoms with van der Waals surface area (Å²) in [7, 11) is 0. The summed E-state index contributed by atoms with van der Waals surface area (Å²) in [6.45, 7) is 0. The number of aromatic nitrogens is 4. The molecule has 0 fully saturated rings. The molecule has 2 aliphatic rings. The number of nitrogens with zero attached hydrogens (tertiary/aromatic N) is 4. The highest BCUT2D eigenvalue weighted by Crippen LogP contribution is 2.63. The Balaban J connectivity index is 1.06. The average Bonchev–Trinajstić information content (AvgIpc) is 3.90. The van der Waals surface area contributed by atoms with E-state index in [0.29, 0.717) is 23.1 Å². The van der Waals surface area contributed by atoms with Crippen molar-refractivity contribution in [1.82, 2.24) is 19.9 Å². The van der Waals surface area contributed by atoms with Crippen molar-refractivity contribution in [2.45, 2.75) is 5.41 Å². The van der Waals surface area contributed by atoms with Crippen molar-refractivity contribution in [3.63, 3.8) is 0 Å². The van der Waals surface area contributed by atoms with Gasteiger partial charge in [-0.3, -0.25) is 4.98 Å². The minimum atomic E-state index is -0.411. The van der Waals surface area contributed by atoms with Crippen LogP contribution in [0.15, 0.2) is 187 Å². The van der Waals surface area contributed by atoms with E-state index in [1.807, 2.05) is 66.9 Å². The minimum absolute atomic E-state index is 0.411. The van der Waals surface area contributed by atoms with Crippen LogP contribution in [-0.4, -0.2) is 19.9 Å². The molecule has 10 aromatic rings. The maximum absolute atomic E-state index is 6.47. The van der Waals surface area contributed by atoms with Crippen LogP contribution in [-0.2, 0) is 5.41 Å². The van der Waals surface area contributed by atoms with Crippen LogP contribution >= 0.6 is 0 Å². The molecule has 2 aliphatic carbocycles. The topological polar surface area (TPSA) is 64.7 Å². The number of hydrogen-bond donors (Lipinski definition) is 0. The van der Waals surface area contributed by atoms with Gasteiger partial charge in [-0.1, -0.05) is 152 Å². The number of hydrogen-bond acceptors (Lipinski definition) is 5. The summed E-state index contributed by atoms with van der Waals surface area (Å²) in [6.07, 6.45) is 3.62. The minimum Gasteiger partial charge on any atom is -0.454 e. The van der Waals surface area contributed by atoms with Crippen LogP contribution in [0.3, 0.4) is 0 Å². The van der Waals surface area contributed by atoms with E-state index in [4.69, 9.17) is 19.4 Å². The summed E-state index contributed by atoms with van der Waals surface area (Å²) in [5, 5.41) is 1.90. The molecule has 3 heterocycles. The van der Waals surface area contributed by atoms with Gasteiger partial charge in [0.1, 0.15) is 5.58 Å². The van der Waals surface area contributed by atoms with Crippen LogP contribution in [0.4, 0.5) is 0 Å². The molecule has 7 aromatic carbocycles. The van der Waals surface area contributed by atoms with Gasteiger partial charge in [0.25, 0.3) is 0 Å². The fraction of sp³-hybridized carbons (Fsp3) is 0.0196. The monoisotopic (exact) mass is 714 g/mol. The van der Waals surface area contributed by atoms with E-state index in [1.54, 1.807) is 6.20 Å². The van der Waals surface area contributed by atoms with E-state index in [9.17, 15) is 0 Å². The molecule has 0 amide bonds. The van der Waals surface area contributed by atoms with Crippen molar-refractivity contribution in [3.8, 4) is 67.5 Å². The number of fused-ring (bicyclic) bond motifs is 13. The average molecular weight is 715 g/mol. The number of benzene rings is 7. The second-order valence-electron chi connectivity index (χ2n) is 14.6. The summed E-state index contributed by atoms with van der Waals surface area (Å²) >= 11 is 0. The van der Waals surface area contributed by atoms with E-state index in [1.165, 1.54) is 44.5 Å². The molecule has 0 N–H and O–H groups in total. The molecule has 0 saturated carbocycles. The zero-order chi connectivity index (χ0) is 36.8. The SMILES string of the molecule is c1ccc(-c2nc(-c3ccccc3)nc(-c3cncc4oc5ccc(-c6ccc7c(c6)C6(c8ccccc8-c8ccccc86)c6ccccc6-7)cc5c34)n2)cc1. The first-order valence-corrected chi connectivity index (χ1v) is 18.9. The van der Waals surface area contributed by atoms with Gasteiger partial charge in [0.05, 0.1) is 11.6 Å². The predicted octanol–water partition coefficient (Wildman–Crippen LogP) is 12.2. The van der Waals surface area contributed by atoms with Crippen LogP contribution in [0, 0.1) is 0 Å². The molecular weight excluding hydrogens is 685 g/mol. The van der Waals surface area contributed by atoms with Gasteiger partial charge in [0.15, 0.2) is 23.1 Å². The van der Waals surface area contributed by atoms with Crippen molar-refractivity contribution in [1.29, 1.82) is 0 Å². The summed E-state index contributed by atoms with van der Waals surface area (Å²) < 4.78 is 6.47. The second-order valence-corrected chi connectivity index (χ2v) is 14.6. The molecule has 1 spiro atoms. The van der Waals surface area contributed by atoms with Crippen molar-refractivity contribution in [2.24, 2.45) is 0 Å². The number of furan rings is 1. The van der Waals surface area contributed by atoms with Gasteiger partial charge >= 0.3 is 0 Å². The van der Waals surface area contributed by atoms with E-state index in [0.717, 1.165) is 44.2 Å². The Morgan fingerprint density at radius 3 is 1.46 bits per heavy atom. The van der Waals surface area contributed by atoms with E-state index >= 15 is 0 Å². The van der Waals surface area contributed by atoms with Crippen LogP contribution in [0.5, 0.6) is 0 Å². The highest BCUT2D eigenvalue weighted by molar-refractivity contribution is 6.12. The van der Waals surface area contributed by atoms with Crippen molar-refractivity contribution in [3.05, 3.63) is 205 Å². The highest BCUT2D eigenvalue weighted by Gasteiger charge is 2.51. The fourth-order valence-corrected chi connectivity index (χ4v) is 9.28. The lowest BCUT2D eigenvalue weighted by atomic mass is 9.70. The Hall–Kier alpha value is -7.50. The zero-order valence-electron chi connectivity index (χ0n) is 30.0. The lowest BCUT2D eigenvalue weighted by Gasteiger charge is -2.30. The van der Waals surface area contributed by atoms with Crippen molar-refractivity contribution >= 4 is 21.9 Å². The Morgan fingerprint density at radius 2 is 0.857 bits per heavy atom. The third kappa shape index (κ3) is 4.31. The van der Waals surface area contributed by atoms with E-state index in [-0.39, 0.29) is 0 Å². The van der Waals surface area contributed by atoms with Gasteiger partial charge in [-0.2, -0.15) is 0 Å². The fourth-order valence-electron chi connectivity index (χ4n) is 9.28. The second kappa shape index (κ2) is 11.7.